The van der Waals surface area contributed by atoms with Crippen LogP contribution in [0.2, 0.25) is 0 Å². The number of rotatable bonds is 5. The monoisotopic (exact) mass is 253 g/mol. The van der Waals surface area contributed by atoms with E-state index in [1.165, 1.54) is 5.56 Å². The Morgan fingerprint density at radius 3 is 2.32 bits per heavy atom. The molecule has 2 aromatic rings. The third-order valence-electron chi connectivity index (χ3n) is 3.29. The van der Waals surface area contributed by atoms with E-state index in [0.717, 1.165) is 30.2 Å². The van der Waals surface area contributed by atoms with E-state index in [1.807, 2.05) is 18.2 Å². The van der Waals surface area contributed by atoms with Gasteiger partial charge in [0.15, 0.2) is 0 Å². The van der Waals surface area contributed by atoms with Crippen LogP contribution in [0.25, 0.3) is 0 Å². The lowest BCUT2D eigenvalue weighted by Crippen LogP contribution is -2.21. The Bertz CT molecular complexity index is 516. The van der Waals surface area contributed by atoms with Gasteiger partial charge in [0, 0.05) is 30.5 Å². The van der Waals surface area contributed by atoms with E-state index in [-0.39, 0.29) is 0 Å². The van der Waals surface area contributed by atoms with Gasteiger partial charge < -0.3 is 10.2 Å². The molecule has 0 unspecified atom stereocenters. The van der Waals surface area contributed by atoms with E-state index in [2.05, 4.69) is 61.3 Å². The maximum Gasteiger partial charge on any atom is 0.0516 e. The fourth-order valence-corrected chi connectivity index (χ4v) is 2.10. The summed E-state index contributed by atoms with van der Waals surface area (Å²) in [4.78, 5) is 2.30. The highest BCUT2D eigenvalue weighted by Gasteiger charge is 2.06. The van der Waals surface area contributed by atoms with Crippen LogP contribution in [0.1, 0.15) is 19.4 Å². The first-order chi connectivity index (χ1) is 9.24. The van der Waals surface area contributed by atoms with Gasteiger partial charge in [0.25, 0.3) is 0 Å². The van der Waals surface area contributed by atoms with Gasteiger partial charge in [-0.3, -0.25) is 0 Å². The fourth-order valence-electron chi connectivity index (χ4n) is 2.10. The normalized spacial score (nSPS) is 10.3. The summed E-state index contributed by atoms with van der Waals surface area (Å²) in [6.45, 7) is 8.44. The molecule has 0 heterocycles. The van der Waals surface area contributed by atoms with Gasteiger partial charge in [-0.2, -0.15) is 0 Å². The number of para-hydroxylation sites is 1. The fraction of sp³-hybridized carbons (Fsp3) is 0.294. The van der Waals surface area contributed by atoms with Gasteiger partial charge in [0.05, 0.1) is 5.69 Å². The smallest absolute Gasteiger partial charge is 0.0516 e. The molecule has 19 heavy (non-hydrogen) atoms. The van der Waals surface area contributed by atoms with Crippen molar-refractivity contribution in [2.24, 2.45) is 0 Å². The van der Waals surface area contributed by atoms with E-state index in [1.54, 1.807) is 0 Å². The summed E-state index contributed by atoms with van der Waals surface area (Å²) in [6.07, 6.45) is 0. The molecular weight excluding hydrogens is 232 g/mol. The van der Waals surface area contributed by atoms with Gasteiger partial charge in [0.2, 0.25) is 0 Å². The number of anilines is 3. The SMILES string of the molecule is CCN(CC)c1[c]c(Nc2ccccc2)c(C)cc1. The molecule has 2 heteroatoms. The van der Waals surface area contributed by atoms with Crippen LogP contribution in [0.3, 0.4) is 0 Å². The summed E-state index contributed by atoms with van der Waals surface area (Å²) in [6, 6.07) is 18.0. The number of hydrogen-bond donors (Lipinski definition) is 1. The molecule has 1 radical (unpaired) electrons. The number of aryl methyl sites for hydroxylation is 1. The minimum absolute atomic E-state index is 1.00. The lowest BCUT2D eigenvalue weighted by atomic mass is 10.1. The summed E-state index contributed by atoms with van der Waals surface area (Å²) >= 11 is 0. The first-order valence-electron chi connectivity index (χ1n) is 6.84. The Kier molecular flexibility index (Phi) is 4.45. The summed E-state index contributed by atoms with van der Waals surface area (Å²) in [7, 11) is 0. The van der Waals surface area contributed by atoms with Crippen LogP contribution in [0.5, 0.6) is 0 Å². The van der Waals surface area contributed by atoms with Gasteiger partial charge in [-0.15, -0.1) is 0 Å². The van der Waals surface area contributed by atoms with Crippen LogP contribution in [0.15, 0.2) is 42.5 Å². The highest BCUT2D eigenvalue weighted by Crippen LogP contribution is 2.25. The van der Waals surface area contributed by atoms with Crippen molar-refractivity contribution in [1.82, 2.24) is 0 Å². The third-order valence-corrected chi connectivity index (χ3v) is 3.29. The molecule has 0 amide bonds. The van der Waals surface area contributed by atoms with Crippen LogP contribution >= 0.6 is 0 Å². The molecular formula is C17H21N2. The Morgan fingerprint density at radius 1 is 1.00 bits per heavy atom. The summed E-state index contributed by atoms with van der Waals surface area (Å²) in [5, 5.41) is 3.43. The molecule has 0 aliphatic rings. The van der Waals surface area contributed by atoms with E-state index < -0.39 is 0 Å². The van der Waals surface area contributed by atoms with Crippen LogP contribution in [0.4, 0.5) is 17.1 Å². The second-order valence-electron chi connectivity index (χ2n) is 4.56. The van der Waals surface area contributed by atoms with Gasteiger partial charge in [0.1, 0.15) is 0 Å². The minimum Gasteiger partial charge on any atom is -0.372 e. The summed E-state index contributed by atoms with van der Waals surface area (Å²) in [5.74, 6) is 0. The van der Waals surface area contributed by atoms with Crippen molar-refractivity contribution >= 4 is 17.1 Å². The van der Waals surface area contributed by atoms with E-state index >= 15 is 0 Å². The molecule has 2 aromatic carbocycles. The molecule has 2 rings (SSSR count). The Balaban J connectivity index is 2.27. The average Bonchev–Trinajstić information content (AvgIpc) is 2.45. The molecule has 0 saturated carbocycles. The van der Waals surface area contributed by atoms with Gasteiger partial charge >= 0.3 is 0 Å². The van der Waals surface area contributed by atoms with Crippen molar-refractivity contribution in [2.45, 2.75) is 20.8 Å². The molecule has 0 aliphatic heterocycles. The van der Waals surface area contributed by atoms with E-state index in [0.29, 0.717) is 0 Å². The zero-order valence-electron chi connectivity index (χ0n) is 11.9. The van der Waals surface area contributed by atoms with Crippen molar-refractivity contribution < 1.29 is 0 Å². The molecule has 0 atom stereocenters. The van der Waals surface area contributed by atoms with Gasteiger partial charge in [-0.1, -0.05) is 24.3 Å². The lowest BCUT2D eigenvalue weighted by molar-refractivity contribution is 0.865. The van der Waals surface area contributed by atoms with Gasteiger partial charge in [-0.05, 0) is 44.5 Å². The third kappa shape index (κ3) is 3.28. The first-order valence-corrected chi connectivity index (χ1v) is 6.84. The van der Waals surface area contributed by atoms with Crippen LogP contribution in [-0.4, -0.2) is 13.1 Å². The predicted molar refractivity (Wildman–Crippen MR) is 83.3 cm³/mol. The maximum absolute atomic E-state index is 3.48. The number of benzene rings is 2. The van der Waals surface area contributed by atoms with Crippen molar-refractivity contribution in [3.8, 4) is 0 Å². The molecule has 1 N–H and O–H groups in total. The number of nitrogens with one attached hydrogen (secondary N) is 1. The molecule has 0 bridgehead atoms. The molecule has 0 aliphatic carbocycles. The highest BCUT2D eigenvalue weighted by atomic mass is 15.1. The quantitative estimate of drug-likeness (QED) is 0.850. The Hall–Kier alpha value is -1.96. The second kappa shape index (κ2) is 6.28. The van der Waals surface area contributed by atoms with E-state index in [9.17, 15) is 0 Å². The number of nitrogens with zero attached hydrogens (tertiary/aromatic N) is 1. The van der Waals surface area contributed by atoms with Crippen LogP contribution < -0.4 is 10.2 Å². The van der Waals surface area contributed by atoms with E-state index in [4.69, 9.17) is 0 Å². The second-order valence-corrected chi connectivity index (χ2v) is 4.56. The summed E-state index contributed by atoms with van der Waals surface area (Å²) in [5.41, 5.74) is 4.50. The lowest BCUT2D eigenvalue weighted by Gasteiger charge is -2.22. The van der Waals surface area contributed by atoms with Crippen molar-refractivity contribution in [3.63, 3.8) is 0 Å². The largest absolute Gasteiger partial charge is 0.372 e. The first kappa shape index (κ1) is 13.5. The highest BCUT2D eigenvalue weighted by molar-refractivity contribution is 5.67. The van der Waals surface area contributed by atoms with Crippen molar-refractivity contribution in [1.29, 1.82) is 0 Å². The molecule has 0 saturated heterocycles. The Labute approximate surface area is 116 Å². The molecule has 99 valence electrons. The maximum atomic E-state index is 3.48. The molecule has 0 aromatic heterocycles. The van der Waals surface area contributed by atoms with Crippen molar-refractivity contribution in [2.75, 3.05) is 23.3 Å². The topological polar surface area (TPSA) is 15.3 Å². The minimum atomic E-state index is 1.00. The molecule has 2 nitrogen and oxygen atoms in total. The zero-order valence-corrected chi connectivity index (χ0v) is 11.9. The number of hydrogen-bond acceptors (Lipinski definition) is 2. The average molecular weight is 253 g/mol. The van der Waals surface area contributed by atoms with Crippen LogP contribution in [0, 0.1) is 13.0 Å². The molecule has 0 spiro atoms. The Morgan fingerprint density at radius 2 is 1.68 bits per heavy atom. The zero-order chi connectivity index (χ0) is 13.7. The van der Waals surface area contributed by atoms with Gasteiger partial charge in [-0.25, -0.2) is 0 Å². The van der Waals surface area contributed by atoms with Crippen LogP contribution in [-0.2, 0) is 0 Å². The van der Waals surface area contributed by atoms with Crippen molar-refractivity contribution in [3.05, 3.63) is 54.1 Å². The summed E-state index contributed by atoms with van der Waals surface area (Å²) < 4.78 is 0. The predicted octanol–water partition coefficient (Wildman–Crippen LogP) is 4.39. The molecule has 0 fully saturated rings. The standard InChI is InChI=1S/C17H21N2/c1-4-19(5-2)16-12-11-14(3)17(13-16)18-15-9-7-6-8-10-15/h6-12,18H,4-5H2,1-3H3.